The molecule has 28 heavy (non-hydrogen) atoms. The highest BCUT2D eigenvalue weighted by Gasteiger charge is 2.35. The largest absolute Gasteiger partial charge is 0.494 e. The molecule has 0 spiro atoms. The number of halogens is 2. The molecule has 1 fully saturated rings. The van der Waals surface area contributed by atoms with Crippen molar-refractivity contribution in [2.24, 2.45) is 5.92 Å². The van der Waals surface area contributed by atoms with Gasteiger partial charge in [0.25, 0.3) is 0 Å². The SMILES string of the molecule is CCCOc1ccc(CNC(=O)C2CC(=O)N(c3ccc(F)c(Cl)c3)C2)cc1. The van der Waals surface area contributed by atoms with Crippen LogP contribution < -0.4 is 15.0 Å². The average molecular weight is 405 g/mol. The van der Waals surface area contributed by atoms with E-state index in [1.807, 2.05) is 31.2 Å². The number of carbonyl (C=O) groups excluding carboxylic acids is 2. The van der Waals surface area contributed by atoms with Crippen LogP contribution in [0, 0.1) is 11.7 Å². The van der Waals surface area contributed by atoms with Crippen LogP contribution in [-0.4, -0.2) is 25.0 Å². The Morgan fingerprint density at radius 2 is 2.04 bits per heavy atom. The van der Waals surface area contributed by atoms with E-state index in [1.54, 1.807) is 0 Å². The molecule has 2 aromatic carbocycles. The van der Waals surface area contributed by atoms with E-state index in [9.17, 15) is 14.0 Å². The lowest BCUT2D eigenvalue weighted by Gasteiger charge is -2.17. The topological polar surface area (TPSA) is 58.6 Å². The van der Waals surface area contributed by atoms with Crippen LogP contribution in [0.4, 0.5) is 10.1 Å². The predicted molar refractivity (Wildman–Crippen MR) is 106 cm³/mol. The molecule has 0 radical (unpaired) electrons. The van der Waals surface area contributed by atoms with E-state index >= 15 is 0 Å². The third-order valence-corrected chi connectivity index (χ3v) is 4.86. The van der Waals surface area contributed by atoms with Crippen LogP contribution in [0.15, 0.2) is 42.5 Å². The first kappa shape index (κ1) is 20.1. The van der Waals surface area contributed by atoms with Crippen molar-refractivity contribution in [2.75, 3.05) is 18.1 Å². The third-order valence-electron chi connectivity index (χ3n) is 4.57. The van der Waals surface area contributed by atoms with Crippen LogP contribution in [0.1, 0.15) is 25.3 Å². The maximum Gasteiger partial charge on any atom is 0.227 e. The van der Waals surface area contributed by atoms with Crippen LogP contribution in [0.3, 0.4) is 0 Å². The van der Waals surface area contributed by atoms with Gasteiger partial charge < -0.3 is 15.0 Å². The molecule has 148 valence electrons. The molecule has 5 nitrogen and oxygen atoms in total. The second-order valence-electron chi connectivity index (χ2n) is 6.71. The number of ether oxygens (including phenoxy) is 1. The van der Waals surface area contributed by atoms with Gasteiger partial charge in [0.05, 0.1) is 17.5 Å². The van der Waals surface area contributed by atoms with E-state index in [1.165, 1.54) is 23.1 Å². The van der Waals surface area contributed by atoms with E-state index in [0.29, 0.717) is 18.8 Å². The van der Waals surface area contributed by atoms with Crippen LogP contribution in [0.5, 0.6) is 5.75 Å². The Morgan fingerprint density at radius 3 is 2.71 bits per heavy atom. The quantitative estimate of drug-likeness (QED) is 0.760. The zero-order valence-corrected chi connectivity index (χ0v) is 16.3. The van der Waals surface area contributed by atoms with Crippen molar-refractivity contribution < 1.29 is 18.7 Å². The lowest BCUT2D eigenvalue weighted by atomic mass is 10.1. The van der Waals surface area contributed by atoms with Crippen molar-refractivity contribution in [1.82, 2.24) is 5.32 Å². The monoisotopic (exact) mass is 404 g/mol. The van der Waals surface area contributed by atoms with Crippen molar-refractivity contribution in [3.05, 3.63) is 58.9 Å². The molecule has 0 saturated carbocycles. The smallest absolute Gasteiger partial charge is 0.227 e. The number of anilines is 1. The van der Waals surface area contributed by atoms with Gasteiger partial charge >= 0.3 is 0 Å². The lowest BCUT2D eigenvalue weighted by Crippen LogP contribution is -2.32. The normalized spacial score (nSPS) is 16.3. The van der Waals surface area contributed by atoms with Crippen molar-refractivity contribution in [2.45, 2.75) is 26.3 Å². The van der Waals surface area contributed by atoms with E-state index in [2.05, 4.69) is 5.32 Å². The first-order valence-corrected chi connectivity index (χ1v) is 9.60. The number of nitrogens with zero attached hydrogens (tertiary/aromatic N) is 1. The van der Waals surface area contributed by atoms with Crippen molar-refractivity contribution in [3.63, 3.8) is 0 Å². The number of rotatable bonds is 7. The molecule has 2 amide bonds. The van der Waals surface area contributed by atoms with Gasteiger partial charge in [-0.2, -0.15) is 0 Å². The van der Waals surface area contributed by atoms with Crippen LogP contribution >= 0.6 is 11.6 Å². The van der Waals surface area contributed by atoms with Crippen LogP contribution in [0.25, 0.3) is 0 Å². The van der Waals surface area contributed by atoms with Gasteiger partial charge in [-0.15, -0.1) is 0 Å². The molecule has 1 saturated heterocycles. The Kier molecular flexibility index (Phi) is 6.52. The summed E-state index contributed by atoms with van der Waals surface area (Å²) in [7, 11) is 0. The summed E-state index contributed by atoms with van der Waals surface area (Å²) >= 11 is 5.79. The summed E-state index contributed by atoms with van der Waals surface area (Å²) in [5.41, 5.74) is 1.44. The minimum absolute atomic E-state index is 0.0513. The molecule has 1 aliphatic rings. The standard InChI is InChI=1S/C21H22ClFN2O3/c1-2-9-28-17-6-3-14(4-7-17)12-24-21(27)15-10-20(26)25(13-15)16-5-8-19(23)18(22)11-16/h3-8,11,15H,2,9-10,12-13H2,1H3,(H,24,27). The molecular formula is C21H22ClFN2O3. The highest BCUT2D eigenvalue weighted by Crippen LogP contribution is 2.28. The van der Waals surface area contributed by atoms with Crippen molar-refractivity contribution in [1.29, 1.82) is 0 Å². The minimum atomic E-state index is -0.544. The highest BCUT2D eigenvalue weighted by atomic mass is 35.5. The Balaban J connectivity index is 1.55. The lowest BCUT2D eigenvalue weighted by molar-refractivity contribution is -0.126. The molecule has 7 heteroatoms. The Hall–Kier alpha value is -2.60. The highest BCUT2D eigenvalue weighted by molar-refractivity contribution is 6.31. The Bertz CT molecular complexity index is 857. The first-order valence-electron chi connectivity index (χ1n) is 9.22. The summed E-state index contributed by atoms with van der Waals surface area (Å²) < 4.78 is 18.9. The fourth-order valence-corrected chi connectivity index (χ4v) is 3.22. The molecular weight excluding hydrogens is 383 g/mol. The van der Waals surface area contributed by atoms with Gasteiger partial charge in [-0.1, -0.05) is 30.7 Å². The maximum absolute atomic E-state index is 13.3. The zero-order chi connectivity index (χ0) is 20.1. The second-order valence-corrected chi connectivity index (χ2v) is 7.12. The summed E-state index contributed by atoms with van der Waals surface area (Å²) in [6.07, 6.45) is 1.06. The summed E-state index contributed by atoms with van der Waals surface area (Å²) in [6, 6.07) is 11.6. The van der Waals surface area contributed by atoms with E-state index in [4.69, 9.17) is 16.3 Å². The van der Waals surface area contributed by atoms with Gasteiger partial charge in [0.1, 0.15) is 11.6 Å². The predicted octanol–water partition coefficient (Wildman–Crippen LogP) is 3.94. The number of hydrogen-bond donors (Lipinski definition) is 1. The van der Waals surface area contributed by atoms with Crippen molar-refractivity contribution in [3.8, 4) is 5.75 Å². The molecule has 0 aliphatic carbocycles. The average Bonchev–Trinajstić information content (AvgIpc) is 3.09. The second kappa shape index (κ2) is 9.06. The van der Waals surface area contributed by atoms with E-state index in [-0.39, 0.29) is 29.8 Å². The summed E-state index contributed by atoms with van der Waals surface area (Å²) in [4.78, 5) is 26.2. The van der Waals surface area contributed by atoms with Gasteiger partial charge in [0, 0.05) is 25.2 Å². The summed E-state index contributed by atoms with van der Waals surface area (Å²) in [6.45, 7) is 3.33. The number of benzene rings is 2. The minimum Gasteiger partial charge on any atom is -0.494 e. The molecule has 2 aromatic rings. The van der Waals surface area contributed by atoms with E-state index in [0.717, 1.165) is 17.7 Å². The number of carbonyl (C=O) groups is 2. The van der Waals surface area contributed by atoms with Crippen LogP contribution in [-0.2, 0) is 16.1 Å². The molecule has 1 unspecified atom stereocenters. The number of hydrogen-bond acceptors (Lipinski definition) is 3. The molecule has 0 aromatic heterocycles. The van der Waals surface area contributed by atoms with Gasteiger partial charge in [-0.3, -0.25) is 9.59 Å². The van der Waals surface area contributed by atoms with Crippen LogP contribution in [0.2, 0.25) is 5.02 Å². The Labute approximate surface area is 168 Å². The fourth-order valence-electron chi connectivity index (χ4n) is 3.04. The van der Waals surface area contributed by atoms with Crippen molar-refractivity contribution >= 4 is 29.1 Å². The van der Waals surface area contributed by atoms with E-state index < -0.39 is 11.7 Å². The number of amides is 2. The first-order chi connectivity index (χ1) is 13.5. The maximum atomic E-state index is 13.3. The molecule has 0 bridgehead atoms. The van der Waals surface area contributed by atoms with Gasteiger partial charge in [0.2, 0.25) is 11.8 Å². The Morgan fingerprint density at radius 1 is 1.29 bits per heavy atom. The van der Waals surface area contributed by atoms with Gasteiger partial charge in [-0.05, 0) is 42.3 Å². The molecule has 1 aliphatic heterocycles. The zero-order valence-electron chi connectivity index (χ0n) is 15.6. The molecule has 1 heterocycles. The number of nitrogens with one attached hydrogen (secondary N) is 1. The summed E-state index contributed by atoms with van der Waals surface area (Å²) in [5, 5.41) is 2.82. The van der Waals surface area contributed by atoms with Gasteiger partial charge in [0.15, 0.2) is 0 Å². The molecule has 1 N–H and O–H groups in total. The third kappa shape index (κ3) is 4.81. The van der Waals surface area contributed by atoms with Gasteiger partial charge in [-0.25, -0.2) is 4.39 Å². The molecule has 1 atom stereocenters. The molecule has 3 rings (SSSR count). The summed E-state index contributed by atoms with van der Waals surface area (Å²) in [5.74, 6) is -0.566. The fraction of sp³-hybridized carbons (Fsp3) is 0.333.